The standard InChI is InChI=1S/C19H22N4O6S/c1-11(24)20-17-21-14(10-30-17)16(26)28-13-7-5-12(6-8-13)9-15(25)22-23-18(27)29-19(2,3)4/h5-8,10H,9H2,1-4H3,(H,22,25)(H,23,27)(H,20,21,24). The maximum Gasteiger partial charge on any atom is 0.426 e. The lowest BCUT2D eigenvalue weighted by molar-refractivity contribution is -0.121. The first-order chi connectivity index (χ1) is 14.0. The van der Waals surface area contributed by atoms with Gasteiger partial charge >= 0.3 is 12.1 Å². The number of hydrogen-bond donors (Lipinski definition) is 3. The summed E-state index contributed by atoms with van der Waals surface area (Å²) in [5, 5.41) is 4.26. The number of anilines is 1. The van der Waals surface area contributed by atoms with Crippen LogP contribution in [0.2, 0.25) is 0 Å². The first kappa shape index (κ1) is 22.8. The third-order valence-electron chi connectivity index (χ3n) is 3.20. The van der Waals surface area contributed by atoms with Crippen molar-refractivity contribution < 1.29 is 28.7 Å². The van der Waals surface area contributed by atoms with Crippen molar-refractivity contribution in [3.63, 3.8) is 0 Å². The fourth-order valence-electron chi connectivity index (χ4n) is 2.06. The molecule has 1 aromatic heterocycles. The van der Waals surface area contributed by atoms with Crippen molar-refractivity contribution in [2.45, 2.75) is 39.7 Å². The highest BCUT2D eigenvalue weighted by atomic mass is 32.1. The molecule has 160 valence electrons. The fraction of sp³-hybridized carbons (Fsp3) is 0.316. The summed E-state index contributed by atoms with van der Waals surface area (Å²) in [5.41, 5.74) is 4.45. The van der Waals surface area contributed by atoms with Crippen LogP contribution in [0.15, 0.2) is 29.6 Å². The Morgan fingerprint density at radius 1 is 1.07 bits per heavy atom. The number of nitrogens with one attached hydrogen (secondary N) is 3. The van der Waals surface area contributed by atoms with Gasteiger partial charge in [0.15, 0.2) is 10.8 Å². The fourth-order valence-corrected chi connectivity index (χ4v) is 2.79. The Morgan fingerprint density at radius 2 is 1.73 bits per heavy atom. The number of thiazole rings is 1. The highest BCUT2D eigenvalue weighted by molar-refractivity contribution is 7.14. The summed E-state index contributed by atoms with van der Waals surface area (Å²) in [7, 11) is 0. The first-order valence-corrected chi connectivity index (χ1v) is 9.72. The lowest BCUT2D eigenvalue weighted by Gasteiger charge is -2.19. The highest BCUT2D eigenvalue weighted by Gasteiger charge is 2.17. The van der Waals surface area contributed by atoms with E-state index in [4.69, 9.17) is 9.47 Å². The number of nitrogens with zero attached hydrogens (tertiary/aromatic N) is 1. The molecule has 1 heterocycles. The molecule has 0 aliphatic carbocycles. The number of benzene rings is 1. The van der Waals surface area contributed by atoms with E-state index in [0.717, 1.165) is 11.3 Å². The van der Waals surface area contributed by atoms with Gasteiger partial charge in [-0.25, -0.2) is 20.0 Å². The summed E-state index contributed by atoms with van der Waals surface area (Å²) in [4.78, 5) is 50.5. The van der Waals surface area contributed by atoms with E-state index in [0.29, 0.717) is 10.7 Å². The monoisotopic (exact) mass is 434 g/mol. The molecular weight excluding hydrogens is 412 g/mol. The topological polar surface area (TPSA) is 136 Å². The summed E-state index contributed by atoms with van der Waals surface area (Å²) in [6, 6.07) is 6.28. The molecule has 0 fully saturated rings. The molecule has 1 aromatic carbocycles. The van der Waals surface area contributed by atoms with Crippen molar-refractivity contribution in [3.05, 3.63) is 40.9 Å². The molecule has 10 nitrogen and oxygen atoms in total. The molecule has 0 spiro atoms. The lowest BCUT2D eigenvalue weighted by atomic mass is 10.1. The van der Waals surface area contributed by atoms with E-state index < -0.39 is 23.6 Å². The molecule has 0 bridgehead atoms. The van der Waals surface area contributed by atoms with E-state index in [1.165, 1.54) is 24.4 Å². The maximum absolute atomic E-state index is 12.1. The number of ether oxygens (including phenoxy) is 2. The van der Waals surface area contributed by atoms with E-state index in [9.17, 15) is 19.2 Å². The number of carbonyl (C=O) groups is 4. The van der Waals surface area contributed by atoms with Crippen molar-refractivity contribution in [2.24, 2.45) is 0 Å². The van der Waals surface area contributed by atoms with Gasteiger partial charge < -0.3 is 14.8 Å². The average Bonchev–Trinajstić information content (AvgIpc) is 3.08. The van der Waals surface area contributed by atoms with E-state index in [2.05, 4.69) is 21.2 Å². The summed E-state index contributed by atoms with van der Waals surface area (Å²) in [6.07, 6.45) is -0.766. The highest BCUT2D eigenvalue weighted by Crippen LogP contribution is 2.18. The molecule has 30 heavy (non-hydrogen) atoms. The summed E-state index contributed by atoms with van der Waals surface area (Å²) in [5.74, 6) is -1.14. The van der Waals surface area contributed by atoms with Crippen LogP contribution < -0.4 is 20.9 Å². The van der Waals surface area contributed by atoms with Gasteiger partial charge in [0.05, 0.1) is 6.42 Å². The summed E-state index contributed by atoms with van der Waals surface area (Å²) in [6.45, 7) is 6.46. The van der Waals surface area contributed by atoms with Gasteiger partial charge in [0, 0.05) is 12.3 Å². The second-order valence-corrected chi connectivity index (χ2v) is 7.96. The largest absolute Gasteiger partial charge is 0.443 e. The molecule has 0 aliphatic heterocycles. The molecule has 0 saturated heterocycles. The van der Waals surface area contributed by atoms with E-state index >= 15 is 0 Å². The maximum atomic E-state index is 12.1. The smallest absolute Gasteiger partial charge is 0.426 e. The van der Waals surface area contributed by atoms with Crippen molar-refractivity contribution in [2.75, 3.05) is 5.32 Å². The number of rotatable bonds is 5. The van der Waals surface area contributed by atoms with Gasteiger partial charge in [0.2, 0.25) is 11.8 Å². The van der Waals surface area contributed by atoms with Gasteiger partial charge in [-0.3, -0.25) is 15.0 Å². The van der Waals surface area contributed by atoms with Crippen LogP contribution in [0.1, 0.15) is 43.7 Å². The van der Waals surface area contributed by atoms with Gasteiger partial charge in [0.25, 0.3) is 0 Å². The third-order valence-corrected chi connectivity index (χ3v) is 3.96. The SMILES string of the molecule is CC(=O)Nc1nc(C(=O)Oc2ccc(CC(=O)NNC(=O)OC(C)(C)C)cc2)cs1. The minimum absolute atomic E-state index is 0.00378. The van der Waals surface area contributed by atoms with Crippen LogP contribution in [0, 0.1) is 0 Å². The predicted molar refractivity (Wildman–Crippen MR) is 109 cm³/mol. The number of hydrogen-bond acceptors (Lipinski definition) is 8. The van der Waals surface area contributed by atoms with E-state index in [-0.39, 0.29) is 23.8 Å². The molecule has 0 radical (unpaired) electrons. The van der Waals surface area contributed by atoms with Crippen LogP contribution in [0.25, 0.3) is 0 Å². The van der Waals surface area contributed by atoms with Crippen LogP contribution in [-0.4, -0.2) is 34.5 Å². The van der Waals surface area contributed by atoms with Gasteiger partial charge in [-0.15, -0.1) is 11.3 Å². The molecule has 0 aliphatic rings. The molecular formula is C19H22N4O6S. The molecule has 3 N–H and O–H groups in total. The Bertz CT molecular complexity index is 933. The van der Waals surface area contributed by atoms with E-state index in [1.807, 2.05) is 0 Å². The number of carbonyl (C=O) groups excluding carboxylic acids is 4. The van der Waals surface area contributed by atoms with Crippen LogP contribution in [0.4, 0.5) is 9.93 Å². The second kappa shape index (κ2) is 9.83. The summed E-state index contributed by atoms with van der Waals surface area (Å²) >= 11 is 1.11. The zero-order chi connectivity index (χ0) is 22.3. The Kier molecular flexibility index (Phi) is 7.48. The molecule has 2 aromatic rings. The number of hydrazine groups is 1. The zero-order valence-electron chi connectivity index (χ0n) is 16.9. The van der Waals surface area contributed by atoms with Crippen LogP contribution in [0.5, 0.6) is 5.75 Å². The third kappa shape index (κ3) is 7.87. The molecule has 11 heteroatoms. The first-order valence-electron chi connectivity index (χ1n) is 8.84. The average molecular weight is 434 g/mol. The van der Waals surface area contributed by atoms with Crippen LogP contribution in [-0.2, 0) is 20.7 Å². The molecule has 0 unspecified atom stereocenters. The normalized spacial score (nSPS) is 10.7. The number of esters is 1. The lowest BCUT2D eigenvalue weighted by Crippen LogP contribution is -2.44. The minimum Gasteiger partial charge on any atom is -0.443 e. The van der Waals surface area contributed by atoms with Crippen molar-refractivity contribution in [1.29, 1.82) is 0 Å². The van der Waals surface area contributed by atoms with Crippen molar-refractivity contribution in [1.82, 2.24) is 15.8 Å². The summed E-state index contributed by atoms with van der Waals surface area (Å²) < 4.78 is 10.2. The molecule has 3 amide bonds. The quantitative estimate of drug-likeness (QED) is 0.373. The van der Waals surface area contributed by atoms with Gasteiger partial charge in [-0.1, -0.05) is 12.1 Å². The molecule has 2 rings (SSSR count). The number of aromatic nitrogens is 1. The second-order valence-electron chi connectivity index (χ2n) is 7.10. The Hall–Kier alpha value is -3.47. The Balaban J connectivity index is 1.83. The van der Waals surface area contributed by atoms with Gasteiger partial charge in [-0.2, -0.15) is 0 Å². The molecule has 0 atom stereocenters. The van der Waals surface area contributed by atoms with Crippen LogP contribution in [0.3, 0.4) is 0 Å². The van der Waals surface area contributed by atoms with Gasteiger partial charge in [0.1, 0.15) is 11.4 Å². The van der Waals surface area contributed by atoms with Gasteiger partial charge in [-0.05, 0) is 38.5 Å². The predicted octanol–water partition coefficient (Wildman–Crippen LogP) is 2.42. The minimum atomic E-state index is -0.762. The van der Waals surface area contributed by atoms with Crippen molar-refractivity contribution in [3.8, 4) is 5.75 Å². The molecule has 0 saturated carbocycles. The van der Waals surface area contributed by atoms with Crippen molar-refractivity contribution >= 4 is 40.3 Å². The zero-order valence-corrected chi connectivity index (χ0v) is 17.7. The number of amides is 3. The van der Waals surface area contributed by atoms with Crippen LogP contribution >= 0.6 is 11.3 Å². The Labute approximate surface area is 176 Å². The Morgan fingerprint density at radius 3 is 2.33 bits per heavy atom. The van der Waals surface area contributed by atoms with E-state index in [1.54, 1.807) is 32.9 Å².